The first-order valence-electron chi connectivity index (χ1n) is 14.9. The van der Waals surface area contributed by atoms with Gasteiger partial charge in [-0.1, -0.05) is 187 Å². The molecule has 5 heteroatoms. The maximum atomic E-state index is 5.48. The Bertz CT molecular complexity index is 1470. The standard InChI is InChI=1S/2C18H15P.C6H4Cl.ClH.Pd/c2*1-4-10-16(11-5-1)19(17-12-6-2-7-13-17)18-14-8-3-9-15-18;7-6-4-2-1-3-5-6;;/h2*1-15H;1-4H;1H;/q;;-1;;+2/p-1. The Labute approximate surface area is 302 Å². The van der Waals surface area contributed by atoms with Crippen molar-refractivity contribution in [3.05, 3.63) is 217 Å². The minimum Gasteiger partial charge on any atom is -0.0622 e. The van der Waals surface area contributed by atoms with Crippen molar-refractivity contribution in [2.24, 2.45) is 0 Å². The van der Waals surface area contributed by atoms with Crippen LogP contribution < -0.4 is 31.8 Å². The maximum absolute atomic E-state index is 5.48. The largest absolute Gasteiger partial charge is 0.0622 e. The molecule has 0 nitrogen and oxygen atoms in total. The molecule has 0 radical (unpaired) electrons. The summed E-state index contributed by atoms with van der Waals surface area (Å²) < 4.78 is 0. The van der Waals surface area contributed by atoms with E-state index in [-0.39, 0.29) is 0 Å². The van der Waals surface area contributed by atoms with Crippen LogP contribution in [0.2, 0.25) is 5.02 Å². The van der Waals surface area contributed by atoms with E-state index in [0.717, 1.165) is 0 Å². The van der Waals surface area contributed by atoms with E-state index in [0.29, 0.717) is 5.02 Å². The minimum atomic E-state index is -0.446. The first-order valence-corrected chi connectivity index (χ1v) is 20.0. The summed E-state index contributed by atoms with van der Waals surface area (Å²) in [4.78, 5) is 0. The topological polar surface area (TPSA) is 0 Å². The van der Waals surface area contributed by atoms with E-state index in [9.17, 15) is 0 Å². The van der Waals surface area contributed by atoms with Crippen molar-refractivity contribution < 1.29 is 18.2 Å². The van der Waals surface area contributed by atoms with E-state index < -0.39 is 15.8 Å². The van der Waals surface area contributed by atoms with E-state index in [1.165, 1.54) is 31.8 Å². The molecule has 0 heterocycles. The van der Waals surface area contributed by atoms with Gasteiger partial charge in [-0.25, -0.2) is 0 Å². The second-order valence-corrected chi connectivity index (χ2v) is 14.7. The third kappa shape index (κ3) is 12.0. The van der Waals surface area contributed by atoms with E-state index in [1.807, 2.05) is 12.1 Å². The monoisotopic (exact) mass is 776 g/mol. The second kappa shape index (κ2) is 21.5. The molecule has 0 atom stereocenters. The Balaban J connectivity index is 0.000000170. The Kier molecular flexibility index (Phi) is 16.7. The van der Waals surface area contributed by atoms with Crippen molar-refractivity contribution in [2.45, 2.75) is 0 Å². The number of hydrogen-bond acceptors (Lipinski definition) is 0. The second-order valence-electron chi connectivity index (χ2n) is 9.89. The predicted octanol–water partition coefficient (Wildman–Crippen LogP) is 9.72. The van der Waals surface area contributed by atoms with Gasteiger partial charge in [0.2, 0.25) is 0 Å². The average molecular weight is 778 g/mol. The van der Waals surface area contributed by atoms with Crippen molar-refractivity contribution in [3.63, 3.8) is 0 Å². The summed E-state index contributed by atoms with van der Waals surface area (Å²) >= 11 is 7.71. The van der Waals surface area contributed by atoms with Crippen molar-refractivity contribution in [1.82, 2.24) is 0 Å². The van der Waals surface area contributed by atoms with Gasteiger partial charge in [0.1, 0.15) is 0 Å². The zero-order valence-electron chi connectivity index (χ0n) is 25.6. The minimum absolute atomic E-state index is 0.446. The van der Waals surface area contributed by atoms with Gasteiger partial charge in [0, 0.05) is 0 Å². The summed E-state index contributed by atoms with van der Waals surface area (Å²) in [6.45, 7) is 0. The van der Waals surface area contributed by atoms with Gasteiger partial charge in [-0.2, -0.15) is 30.3 Å². The third-order valence-corrected chi connectivity index (χ3v) is 11.9. The Morgan fingerprint density at radius 1 is 0.319 bits per heavy atom. The number of hydrogen-bond donors (Lipinski definition) is 0. The summed E-state index contributed by atoms with van der Waals surface area (Å²) in [5.41, 5.74) is 0. The van der Waals surface area contributed by atoms with E-state index in [4.69, 9.17) is 11.6 Å². The zero-order chi connectivity index (χ0) is 32.9. The van der Waals surface area contributed by atoms with Crippen molar-refractivity contribution in [3.8, 4) is 0 Å². The number of benzene rings is 7. The quantitative estimate of drug-likeness (QED) is 0.0897. The van der Waals surface area contributed by atoms with Gasteiger partial charge in [0.25, 0.3) is 0 Å². The van der Waals surface area contributed by atoms with Crippen LogP contribution in [-0.2, 0) is 18.2 Å². The summed E-state index contributed by atoms with van der Waals surface area (Å²) in [5.74, 6) is 0. The van der Waals surface area contributed by atoms with Gasteiger partial charge in [-0.3, -0.25) is 0 Å². The summed E-state index contributed by atoms with van der Waals surface area (Å²) in [6.07, 6.45) is 0. The number of rotatable bonds is 6. The third-order valence-electron chi connectivity index (χ3n) is 6.76. The molecule has 7 aromatic carbocycles. The fourth-order valence-corrected chi connectivity index (χ4v) is 9.47. The number of halogens is 2. The van der Waals surface area contributed by atoms with Crippen LogP contribution in [0.25, 0.3) is 0 Å². The normalized spacial score (nSPS) is 10.0. The molecule has 47 heavy (non-hydrogen) atoms. The Hall–Kier alpha value is -3.36. The molecule has 7 rings (SSSR count). The fourth-order valence-electron chi connectivity index (χ4n) is 4.73. The molecule has 0 aliphatic carbocycles. The molecular formula is C42H34Cl2P2Pd. The van der Waals surface area contributed by atoms with Gasteiger partial charge >= 0.3 is 27.7 Å². The Morgan fingerprint density at radius 2 is 0.532 bits per heavy atom. The van der Waals surface area contributed by atoms with Crippen LogP contribution in [0.3, 0.4) is 0 Å². The van der Waals surface area contributed by atoms with Crippen LogP contribution in [0.15, 0.2) is 206 Å². The van der Waals surface area contributed by atoms with Crippen LogP contribution >= 0.6 is 37.0 Å². The molecule has 0 aliphatic heterocycles. The molecule has 0 spiro atoms. The van der Waals surface area contributed by atoms with E-state index in [2.05, 4.69) is 216 Å². The van der Waals surface area contributed by atoms with Crippen LogP contribution in [0.5, 0.6) is 0 Å². The van der Waals surface area contributed by atoms with Crippen LogP contribution in [0.1, 0.15) is 0 Å². The van der Waals surface area contributed by atoms with Crippen LogP contribution in [0, 0.1) is 6.07 Å². The van der Waals surface area contributed by atoms with Gasteiger partial charge in [0.15, 0.2) is 0 Å². The molecule has 0 aromatic heterocycles. The summed E-state index contributed by atoms with van der Waals surface area (Å²) in [6, 6.07) is 74.8. The van der Waals surface area contributed by atoms with Crippen molar-refractivity contribution in [2.75, 3.05) is 0 Å². The predicted molar refractivity (Wildman–Crippen MR) is 206 cm³/mol. The van der Waals surface area contributed by atoms with Crippen molar-refractivity contribution in [1.29, 1.82) is 0 Å². The SMILES string of the molecule is Clc1[c-]cccc1.[Cl][Pd+].c1ccc(P(c2ccccc2)c2ccccc2)cc1.c1ccc(P(c2ccccc2)c2ccccc2)cc1. The first-order chi connectivity index (χ1) is 23.3. The maximum Gasteiger partial charge on any atom is -0.0134 e. The van der Waals surface area contributed by atoms with Gasteiger partial charge in [0.05, 0.1) is 0 Å². The van der Waals surface area contributed by atoms with Gasteiger partial charge < -0.3 is 0 Å². The van der Waals surface area contributed by atoms with Crippen LogP contribution in [-0.4, -0.2) is 0 Å². The first kappa shape index (κ1) is 36.5. The molecule has 0 fully saturated rings. The smallest absolute Gasteiger partial charge is 0.0134 e. The zero-order valence-corrected chi connectivity index (χ0v) is 30.5. The Morgan fingerprint density at radius 3 is 0.681 bits per heavy atom. The summed E-state index contributed by atoms with van der Waals surface area (Å²) in [7, 11) is 3.60. The van der Waals surface area contributed by atoms with Crippen LogP contribution in [0.4, 0.5) is 0 Å². The van der Waals surface area contributed by atoms with Crippen molar-refractivity contribution >= 4 is 68.8 Å². The van der Waals surface area contributed by atoms with E-state index in [1.54, 1.807) is 12.1 Å². The molecule has 0 saturated heterocycles. The molecule has 236 valence electrons. The molecule has 0 N–H and O–H groups in total. The molecule has 0 unspecified atom stereocenters. The molecule has 0 amide bonds. The molecular weight excluding hydrogens is 744 g/mol. The molecule has 0 saturated carbocycles. The van der Waals surface area contributed by atoms with E-state index >= 15 is 0 Å². The molecule has 0 aliphatic rings. The summed E-state index contributed by atoms with van der Waals surface area (Å²) in [5, 5.41) is 9.06. The average Bonchev–Trinajstić information content (AvgIpc) is 3.16. The molecule has 7 aromatic rings. The van der Waals surface area contributed by atoms with Gasteiger partial charge in [-0.05, 0) is 47.7 Å². The fraction of sp³-hybridized carbons (Fsp3) is 0. The molecule has 0 bridgehead atoms. The van der Waals surface area contributed by atoms with Gasteiger partial charge in [-0.15, -0.1) is 11.6 Å².